The van der Waals surface area contributed by atoms with Crippen molar-refractivity contribution in [1.82, 2.24) is 4.90 Å². The highest BCUT2D eigenvalue weighted by Gasteiger charge is 2.36. The second-order valence-corrected chi connectivity index (χ2v) is 8.24. The summed E-state index contributed by atoms with van der Waals surface area (Å²) in [6.45, 7) is 1.48. The minimum absolute atomic E-state index is 0. The van der Waals surface area contributed by atoms with Crippen LogP contribution in [0.2, 0.25) is 0 Å². The maximum absolute atomic E-state index is 4.84. The summed E-state index contributed by atoms with van der Waals surface area (Å²) < 4.78 is 2.09. The van der Waals surface area contributed by atoms with Crippen LogP contribution in [0.5, 0.6) is 0 Å². The van der Waals surface area contributed by atoms with Crippen molar-refractivity contribution in [3.63, 3.8) is 0 Å². The molecule has 28 heavy (non-hydrogen) atoms. The standard InChI is InChI=1S/C18H18Br2N6.2BrH/c1-23-11-25(15-7-3-5-13(19)9-15)21-17(23)18-22-26(12-24(18)2)16-8-4-6-14(20)10-16;;/h3-10H,11-12H2,1-2H3;2*1H/p-1. The van der Waals surface area contributed by atoms with Gasteiger partial charge in [-0.15, -0.1) is 10.2 Å². The van der Waals surface area contributed by atoms with E-state index in [-0.39, 0.29) is 34.0 Å². The van der Waals surface area contributed by atoms with Gasteiger partial charge < -0.3 is 38.9 Å². The molecule has 1 unspecified atom stereocenters. The van der Waals surface area contributed by atoms with Crippen LogP contribution >= 0.6 is 31.9 Å². The number of likely N-dealkylation sites (N-methyl/N-ethyl adjacent to an activating group) is 2. The molecule has 4 rings (SSSR count). The number of amidine groups is 2. The molecule has 2 aliphatic rings. The van der Waals surface area contributed by atoms with Crippen LogP contribution in [-0.4, -0.2) is 44.0 Å². The molecule has 6 nitrogen and oxygen atoms in total. The SMILES string of the molecule is CN1CN(c2cccc(Br)c2)N=C1C1=NN(c2cccc(Br)c2)C[NH+]1C.[Br-].[Br-]. The van der Waals surface area contributed by atoms with Crippen LogP contribution in [-0.2, 0) is 0 Å². The third-order valence-electron chi connectivity index (χ3n) is 4.36. The average molecular weight is 639 g/mol. The fourth-order valence-electron chi connectivity index (χ4n) is 3.06. The third kappa shape index (κ3) is 4.79. The lowest BCUT2D eigenvalue weighted by molar-refractivity contribution is -0.772. The lowest BCUT2D eigenvalue weighted by Gasteiger charge is -2.16. The Morgan fingerprint density at radius 2 is 1.46 bits per heavy atom. The van der Waals surface area contributed by atoms with E-state index < -0.39 is 0 Å². The largest absolute Gasteiger partial charge is 1.00 e. The van der Waals surface area contributed by atoms with Crippen molar-refractivity contribution in [3.05, 3.63) is 57.5 Å². The molecule has 0 saturated carbocycles. The number of nitrogens with one attached hydrogen (secondary N) is 1. The highest BCUT2D eigenvalue weighted by molar-refractivity contribution is 9.10. The summed E-state index contributed by atoms with van der Waals surface area (Å²) in [5, 5.41) is 13.7. The number of rotatable bonds is 3. The number of hydrogen-bond acceptors (Lipinski definition) is 5. The minimum Gasteiger partial charge on any atom is -1.00 e. The monoisotopic (exact) mass is 635 g/mol. The number of benzene rings is 2. The lowest BCUT2D eigenvalue weighted by Crippen LogP contribution is -3.12. The minimum atomic E-state index is 0. The summed E-state index contributed by atoms with van der Waals surface area (Å²) in [6, 6.07) is 16.4. The van der Waals surface area contributed by atoms with Crippen molar-refractivity contribution in [2.75, 3.05) is 37.5 Å². The molecule has 150 valence electrons. The van der Waals surface area contributed by atoms with Gasteiger partial charge in [0.1, 0.15) is 6.67 Å². The first-order chi connectivity index (χ1) is 12.5. The Bertz CT molecular complexity index is 830. The number of hydrazone groups is 2. The third-order valence-corrected chi connectivity index (χ3v) is 5.35. The molecule has 0 spiro atoms. The highest BCUT2D eigenvalue weighted by Crippen LogP contribution is 2.24. The number of nitrogens with zero attached hydrogens (tertiary/aromatic N) is 5. The van der Waals surface area contributed by atoms with Gasteiger partial charge in [-0.25, -0.2) is 10.0 Å². The molecule has 0 aliphatic carbocycles. The van der Waals surface area contributed by atoms with Crippen molar-refractivity contribution >= 4 is 54.9 Å². The van der Waals surface area contributed by atoms with Crippen molar-refractivity contribution in [3.8, 4) is 0 Å². The Hall–Kier alpha value is -0.940. The zero-order valence-electron chi connectivity index (χ0n) is 15.3. The van der Waals surface area contributed by atoms with Gasteiger partial charge >= 0.3 is 0 Å². The summed E-state index contributed by atoms with van der Waals surface area (Å²) in [7, 11) is 4.17. The molecule has 0 aromatic heterocycles. The van der Waals surface area contributed by atoms with E-state index in [0.29, 0.717) is 6.67 Å². The molecule has 2 aliphatic heterocycles. The Morgan fingerprint density at radius 1 is 0.893 bits per heavy atom. The van der Waals surface area contributed by atoms with Gasteiger partial charge in [0.2, 0.25) is 5.84 Å². The summed E-state index contributed by atoms with van der Waals surface area (Å²) >= 11 is 7.06. The second kappa shape index (κ2) is 9.71. The molecule has 0 bridgehead atoms. The van der Waals surface area contributed by atoms with Crippen molar-refractivity contribution in [2.45, 2.75) is 0 Å². The number of anilines is 2. The zero-order chi connectivity index (χ0) is 18.3. The molecule has 10 heteroatoms. The van der Waals surface area contributed by atoms with Crippen molar-refractivity contribution < 1.29 is 38.9 Å². The van der Waals surface area contributed by atoms with Crippen molar-refractivity contribution in [2.24, 2.45) is 10.2 Å². The molecular weight excluding hydrogens is 620 g/mol. The number of halogens is 4. The van der Waals surface area contributed by atoms with E-state index in [0.717, 1.165) is 38.7 Å². The first kappa shape index (κ1) is 23.3. The Balaban J connectivity index is 0.00000140. The predicted octanol–water partition coefficient (Wildman–Crippen LogP) is -3.45. The van der Waals surface area contributed by atoms with Crippen LogP contribution in [0, 0.1) is 0 Å². The maximum atomic E-state index is 4.84. The van der Waals surface area contributed by atoms with E-state index in [9.17, 15) is 0 Å². The Labute approximate surface area is 202 Å². The van der Waals surface area contributed by atoms with Crippen LogP contribution in [0.15, 0.2) is 67.7 Å². The van der Waals surface area contributed by atoms with E-state index in [1.54, 1.807) is 0 Å². The smallest absolute Gasteiger partial charge is 0.289 e. The average Bonchev–Trinajstić information content (AvgIpc) is 3.18. The maximum Gasteiger partial charge on any atom is 0.289 e. The van der Waals surface area contributed by atoms with E-state index >= 15 is 0 Å². The van der Waals surface area contributed by atoms with Gasteiger partial charge in [-0.1, -0.05) is 44.0 Å². The van der Waals surface area contributed by atoms with Gasteiger partial charge in [-0.2, -0.15) is 0 Å². The fraction of sp³-hybridized carbons (Fsp3) is 0.222. The molecule has 0 amide bonds. The van der Waals surface area contributed by atoms with E-state index in [1.807, 2.05) is 41.3 Å². The van der Waals surface area contributed by atoms with Gasteiger partial charge in [0, 0.05) is 16.0 Å². The molecular formula is C18H19Br4N6-. The molecule has 0 radical (unpaired) electrons. The molecule has 2 aromatic carbocycles. The number of hydrogen-bond donors (Lipinski definition) is 1. The van der Waals surface area contributed by atoms with Crippen molar-refractivity contribution in [1.29, 1.82) is 0 Å². The molecule has 0 saturated heterocycles. The van der Waals surface area contributed by atoms with E-state index in [2.05, 4.69) is 68.1 Å². The van der Waals surface area contributed by atoms with Gasteiger partial charge in [-0.3, -0.25) is 4.90 Å². The van der Waals surface area contributed by atoms with E-state index in [4.69, 9.17) is 10.2 Å². The summed E-state index contributed by atoms with van der Waals surface area (Å²) in [5.41, 5.74) is 2.13. The van der Waals surface area contributed by atoms with Crippen LogP contribution in [0.3, 0.4) is 0 Å². The first-order valence-electron chi connectivity index (χ1n) is 8.29. The molecule has 1 atom stereocenters. The van der Waals surface area contributed by atoms with Crippen LogP contribution in [0.25, 0.3) is 0 Å². The predicted molar refractivity (Wildman–Crippen MR) is 112 cm³/mol. The molecule has 1 N–H and O–H groups in total. The topological polar surface area (TPSA) is 38.9 Å². The normalized spacial score (nSPS) is 18.4. The second-order valence-electron chi connectivity index (χ2n) is 6.41. The molecule has 2 aromatic rings. The van der Waals surface area contributed by atoms with Crippen LogP contribution in [0.1, 0.15) is 0 Å². The Morgan fingerprint density at radius 3 is 2.04 bits per heavy atom. The zero-order valence-corrected chi connectivity index (χ0v) is 21.6. The summed E-state index contributed by atoms with van der Waals surface area (Å²) in [5.74, 6) is 1.85. The first-order valence-corrected chi connectivity index (χ1v) is 9.87. The van der Waals surface area contributed by atoms with Gasteiger partial charge in [-0.05, 0) is 36.4 Å². The number of quaternary nitrogens is 1. The highest BCUT2D eigenvalue weighted by atomic mass is 79.9. The lowest BCUT2D eigenvalue weighted by atomic mass is 10.3. The Kier molecular flexibility index (Phi) is 8.09. The van der Waals surface area contributed by atoms with Gasteiger partial charge in [0.05, 0.1) is 18.4 Å². The summed E-state index contributed by atoms with van der Waals surface area (Å²) in [6.07, 6.45) is 0. The fourth-order valence-corrected chi connectivity index (χ4v) is 3.83. The summed E-state index contributed by atoms with van der Waals surface area (Å²) in [4.78, 5) is 3.35. The quantitative estimate of drug-likeness (QED) is 0.381. The molecule has 2 heterocycles. The molecule has 0 fully saturated rings. The van der Waals surface area contributed by atoms with E-state index in [1.165, 1.54) is 4.90 Å². The van der Waals surface area contributed by atoms with Gasteiger partial charge in [0.15, 0.2) is 6.67 Å². The van der Waals surface area contributed by atoms with Crippen LogP contribution < -0.4 is 48.9 Å². The van der Waals surface area contributed by atoms with Gasteiger partial charge in [0.25, 0.3) is 5.84 Å². The van der Waals surface area contributed by atoms with Crippen LogP contribution in [0.4, 0.5) is 11.4 Å².